The molecule has 0 aliphatic rings. The van der Waals surface area contributed by atoms with Crippen molar-refractivity contribution < 1.29 is 4.92 Å². The molecule has 0 N–H and O–H groups in total. The fourth-order valence-corrected chi connectivity index (χ4v) is 5.22. The van der Waals surface area contributed by atoms with Crippen LogP contribution in [0.15, 0.2) is 97.2 Å². The van der Waals surface area contributed by atoms with Gasteiger partial charge in [-0.05, 0) is 39.7 Å². The molecule has 2 heterocycles. The van der Waals surface area contributed by atoms with Gasteiger partial charge in [0.1, 0.15) is 0 Å². The van der Waals surface area contributed by atoms with E-state index in [2.05, 4.69) is 53.1 Å². The van der Waals surface area contributed by atoms with E-state index < -0.39 is 0 Å². The average molecular weight is 412 g/mol. The topological polar surface area (TPSA) is 47.5 Å². The predicted molar refractivity (Wildman–Crippen MR) is 131 cm³/mol. The van der Waals surface area contributed by atoms with E-state index in [1.165, 1.54) is 16.2 Å². The summed E-state index contributed by atoms with van der Waals surface area (Å²) >= 11 is 0. The first-order chi connectivity index (χ1) is 15.7. The molecular weight excluding hydrogens is 396 g/mol. The maximum atomic E-state index is 12.1. The highest BCUT2D eigenvalue weighted by molar-refractivity contribution is 6.28. The van der Waals surface area contributed by atoms with E-state index in [1.54, 1.807) is 6.07 Å². The number of rotatable bonds is 2. The van der Waals surface area contributed by atoms with Gasteiger partial charge in [-0.25, -0.2) is 0 Å². The Bertz CT molecular complexity index is 1850. The Kier molecular flexibility index (Phi) is 3.26. The first-order valence-corrected chi connectivity index (χ1v) is 10.5. The van der Waals surface area contributed by atoms with Crippen LogP contribution in [0.25, 0.3) is 59.9 Å². The number of aromatic nitrogens is 1. The second-order valence-electron chi connectivity index (χ2n) is 8.27. The summed E-state index contributed by atoms with van der Waals surface area (Å²) in [4.78, 5) is 11.8. The molecule has 32 heavy (non-hydrogen) atoms. The minimum absolute atomic E-state index is 0.131. The van der Waals surface area contributed by atoms with Crippen LogP contribution in [0.4, 0.5) is 5.69 Å². The standard InChI is InChI=1S/C28H16N2O2/c31-30(32)26-15-18-8-2-1-7-17(18)13-22(26)24-16-29-25-12-6-5-11-21(25)27-20-10-4-3-9-19(20)14-23(24)28(27)29/h1-16H. The smallest absolute Gasteiger partial charge is 0.277 e. The molecule has 0 fully saturated rings. The Balaban J connectivity index is 1.71. The molecule has 2 aromatic heterocycles. The van der Waals surface area contributed by atoms with E-state index in [9.17, 15) is 10.1 Å². The van der Waals surface area contributed by atoms with Crippen molar-refractivity contribution in [2.45, 2.75) is 0 Å². The summed E-state index contributed by atoms with van der Waals surface area (Å²) in [5, 5.41) is 19.7. The molecule has 0 radical (unpaired) electrons. The molecule has 150 valence electrons. The minimum Gasteiger partial charge on any atom is -0.315 e. The molecule has 7 rings (SSSR count). The first-order valence-electron chi connectivity index (χ1n) is 10.5. The van der Waals surface area contributed by atoms with Gasteiger partial charge in [0.25, 0.3) is 5.69 Å². The maximum absolute atomic E-state index is 12.1. The highest BCUT2D eigenvalue weighted by atomic mass is 16.6. The maximum Gasteiger partial charge on any atom is 0.277 e. The van der Waals surface area contributed by atoms with Gasteiger partial charge in [0.2, 0.25) is 0 Å². The van der Waals surface area contributed by atoms with Crippen LogP contribution in [0.5, 0.6) is 0 Å². The number of benzene rings is 5. The normalized spacial score (nSPS) is 12.0. The lowest BCUT2D eigenvalue weighted by atomic mass is 9.95. The summed E-state index contributed by atoms with van der Waals surface area (Å²) < 4.78 is 2.20. The molecule has 0 aliphatic heterocycles. The van der Waals surface area contributed by atoms with Gasteiger partial charge in [0, 0.05) is 34.0 Å². The van der Waals surface area contributed by atoms with E-state index in [1.807, 2.05) is 42.5 Å². The third-order valence-corrected chi connectivity index (χ3v) is 6.59. The highest BCUT2D eigenvalue weighted by Crippen LogP contribution is 2.45. The van der Waals surface area contributed by atoms with Gasteiger partial charge in [-0.3, -0.25) is 10.1 Å². The highest BCUT2D eigenvalue weighted by Gasteiger charge is 2.24. The van der Waals surface area contributed by atoms with Gasteiger partial charge in [-0.1, -0.05) is 66.7 Å². The zero-order valence-electron chi connectivity index (χ0n) is 16.9. The van der Waals surface area contributed by atoms with E-state index in [-0.39, 0.29) is 10.6 Å². The molecule has 4 nitrogen and oxygen atoms in total. The molecular formula is C28H16N2O2. The third-order valence-electron chi connectivity index (χ3n) is 6.59. The fourth-order valence-electron chi connectivity index (χ4n) is 5.22. The van der Waals surface area contributed by atoms with Crippen LogP contribution in [-0.2, 0) is 0 Å². The van der Waals surface area contributed by atoms with Gasteiger partial charge < -0.3 is 4.40 Å². The number of para-hydroxylation sites is 1. The lowest BCUT2D eigenvalue weighted by molar-refractivity contribution is -0.384. The summed E-state index contributed by atoms with van der Waals surface area (Å²) in [5.74, 6) is 0. The Hall–Kier alpha value is -4.44. The third kappa shape index (κ3) is 2.16. The molecule has 0 spiro atoms. The van der Waals surface area contributed by atoms with Crippen LogP contribution in [0.1, 0.15) is 0 Å². The van der Waals surface area contributed by atoms with E-state index in [0.29, 0.717) is 5.56 Å². The van der Waals surface area contributed by atoms with Crippen molar-refractivity contribution in [1.29, 1.82) is 0 Å². The van der Waals surface area contributed by atoms with Crippen LogP contribution in [0.2, 0.25) is 0 Å². The largest absolute Gasteiger partial charge is 0.315 e. The zero-order chi connectivity index (χ0) is 21.4. The first kappa shape index (κ1) is 17.3. The molecule has 4 heteroatoms. The van der Waals surface area contributed by atoms with Gasteiger partial charge in [0.05, 0.1) is 21.5 Å². The molecule has 0 saturated heterocycles. The van der Waals surface area contributed by atoms with Crippen molar-refractivity contribution in [2.24, 2.45) is 0 Å². The molecule has 0 aliphatic carbocycles. The monoisotopic (exact) mass is 412 g/mol. The van der Waals surface area contributed by atoms with Gasteiger partial charge >= 0.3 is 0 Å². The minimum atomic E-state index is -0.271. The summed E-state index contributed by atoms with van der Waals surface area (Å²) in [6.07, 6.45) is 2.07. The van der Waals surface area contributed by atoms with Crippen molar-refractivity contribution in [3.63, 3.8) is 0 Å². The summed E-state index contributed by atoms with van der Waals surface area (Å²) in [5.41, 5.74) is 3.89. The van der Waals surface area contributed by atoms with E-state index in [4.69, 9.17) is 0 Å². The van der Waals surface area contributed by atoms with Crippen molar-refractivity contribution in [3.8, 4) is 11.1 Å². The average Bonchev–Trinajstić information content (AvgIpc) is 3.36. The lowest BCUT2D eigenvalue weighted by Gasteiger charge is -2.07. The summed E-state index contributed by atoms with van der Waals surface area (Å²) in [6.45, 7) is 0. The number of nitro groups is 1. The predicted octanol–water partition coefficient (Wildman–Crippen LogP) is 7.57. The lowest BCUT2D eigenvalue weighted by Crippen LogP contribution is -1.92. The number of nitro benzene ring substituents is 1. The van der Waals surface area contributed by atoms with Gasteiger partial charge in [0.15, 0.2) is 0 Å². The van der Waals surface area contributed by atoms with Crippen LogP contribution < -0.4 is 0 Å². The Labute approximate surface area is 182 Å². The number of nitrogens with zero attached hydrogens (tertiary/aromatic N) is 2. The molecule has 0 atom stereocenters. The number of hydrogen-bond donors (Lipinski definition) is 0. The molecule has 5 aromatic carbocycles. The molecule has 0 amide bonds. The number of hydrogen-bond acceptors (Lipinski definition) is 2. The summed E-state index contributed by atoms with van der Waals surface area (Å²) in [6, 6.07) is 30.3. The van der Waals surface area contributed by atoms with Crippen LogP contribution in [0.3, 0.4) is 0 Å². The van der Waals surface area contributed by atoms with E-state index in [0.717, 1.165) is 38.1 Å². The SMILES string of the molecule is O=[N+]([O-])c1cc2ccccc2cc1-c1cn2c3ccccc3c3c4ccccc4cc1c32. The Morgan fingerprint density at radius 3 is 2.09 bits per heavy atom. The molecule has 0 bridgehead atoms. The van der Waals surface area contributed by atoms with Crippen molar-refractivity contribution in [3.05, 3.63) is 107 Å². The van der Waals surface area contributed by atoms with Crippen molar-refractivity contribution in [2.75, 3.05) is 0 Å². The second-order valence-corrected chi connectivity index (χ2v) is 8.27. The quantitative estimate of drug-likeness (QED) is 0.217. The second kappa shape index (κ2) is 6.05. The van der Waals surface area contributed by atoms with Crippen LogP contribution >= 0.6 is 0 Å². The van der Waals surface area contributed by atoms with Gasteiger partial charge in [-0.2, -0.15) is 0 Å². The Morgan fingerprint density at radius 2 is 1.31 bits per heavy atom. The Morgan fingerprint density at radius 1 is 0.656 bits per heavy atom. The van der Waals surface area contributed by atoms with Crippen molar-refractivity contribution in [1.82, 2.24) is 4.40 Å². The molecule has 7 aromatic rings. The van der Waals surface area contributed by atoms with E-state index >= 15 is 0 Å². The molecule has 0 saturated carbocycles. The fraction of sp³-hybridized carbons (Fsp3) is 0. The number of fused-ring (bicyclic) bond motifs is 6. The van der Waals surface area contributed by atoms with Crippen LogP contribution in [-0.4, -0.2) is 9.32 Å². The zero-order valence-corrected chi connectivity index (χ0v) is 16.9. The van der Waals surface area contributed by atoms with Crippen molar-refractivity contribution >= 4 is 54.4 Å². The molecule has 0 unspecified atom stereocenters. The van der Waals surface area contributed by atoms with Gasteiger partial charge in [-0.15, -0.1) is 0 Å². The van der Waals surface area contributed by atoms with Crippen LogP contribution in [0, 0.1) is 10.1 Å². The summed E-state index contributed by atoms with van der Waals surface area (Å²) in [7, 11) is 0.